The van der Waals surface area contributed by atoms with Crippen molar-refractivity contribution in [3.63, 3.8) is 0 Å². The molecule has 0 aromatic carbocycles. The first kappa shape index (κ1) is 12.3. The molecular weight excluding hydrogens is 194 g/mol. The van der Waals surface area contributed by atoms with Crippen LogP contribution >= 0.6 is 11.8 Å². The van der Waals surface area contributed by atoms with Crippen molar-refractivity contribution >= 4 is 11.8 Å². The van der Waals surface area contributed by atoms with Gasteiger partial charge in [-0.15, -0.1) is 0 Å². The highest BCUT2D eigenvalue weighted by molar-refractivity contribution is 7.99. The minimum Gasteiger partial charge on any atom is -0.395 e. The van der Waals surface area contributed by atoms with E-state index in [0.29, 0.717) is 11.9 Å². The Balaban J connectivity index is 1.92. The lowest BCUT2D eigenvalue weighted by molar-refractivity contribution is 0.230. The number of hydrogen-bond acceptors (Lipinski definition) is 3. The fourth-order valence-electron chi connectivity index (χ4n) is 1.81. The number of nitrogens with zero attached hydrogens (tertiary/aromatic N) is 1. The van der Waals surface area contributed by atoms with Crippen LogP contribution < -0.4 is 0 Å². The summed E-state index contributed by atoms with van der Waals surface area (Å²) in [4.78, 5) is 2.58. The Labute approximate surface area is 92.1 Å². The maximum absolute atomic E-state index is 8.85. The van der Waals surface area contributed by atoms with Crippen LogP contribution in [0.3, 0.4) is 0 Å². The van der Waals surface area contributed by atoms with Crippen molar-refractivity contribution < 1.29 is 5.11 Å². The maximum atomic E-state index is 8.85. The van der Waals surface area contributed by atoms with E-state index in [0.717, 1.165) is 0 Å². The van der Waals surface area contributed by atoms with Crippen molar-refractivity contribution in [3.05, 3.63) is 0 Å². The normalized spacial score (nSPS) is 21.0. The molecule has 0 aliphatic carbocycles. The molecule has 1 saturated heterocycles. The van der Waals surface area contributed by atoms with E-state index in [2.05, 4.69) is 11.8 Å². The molecule has 1 atom stereocenters. The Morgan fingerprint density at radius 3 is 2.64 bits per heavy atom. The summed E-state index contributed by atoms with van der Waals surface area (Å²) in [7, 11) is 0. The lowest BCUT2D eigenvalue weighted by Crippen LogP contribution is -2.30. The van der Waals surface area contributed by atoms with Gasteiger partial charge in [0, 0.05) is 5.25 Å². The van der Waals surface area contributed by atoms with E-state index >= 15 is 0 Å². The molecule has 84 valence electrons. The molecule has 1 heterocycles. The Kier molecular flexibility index (Phi) is 6.65. The van der Waals surface area contributed by atoms with Crippen LogP contribution in [0, 0.1) is 0 Å². The molecule has 0 aromatic rings. The third kappa shape index (κ3) is 5.23. The van der Waals surface area contributed by atoms with Crippen LogP contribution in [0.1, 0.15) is 32.6 Å². The molecule has 0 bridgehead atoms. The quantitative estimate of drug-likeness (QED) is 0.688. The topological polar surface area (TPSA) is 23.5 Å². The van der Waals surface area contributed by atoms with Crippen molar-refractivity contribution in [2.24, 2.45) is 0 Å². The van der Waals surface area contributed by atoms with Gasteiger partial charge in [0.25, 0.3) is 0 Å². The van der Waals surface area contributed by atoms with Crippen LogP contribution in [0.2, 0.25) is 0 Å². The first-order valence-electron chi connectivity index (χ1n) is 5.77. The van der Waals surface area contributed by atoms with Crippen molar-refractivity contribution in [3.8, 4) is 0 Å². The summed E-state index contributed by atoms with van der Waals surface area (Å²) in [6, 6.07) is 0. The number of piperidine rings is 1. The van der Waals surface area contributed by atoms with E-state index in [-0.39, 0.29) is 0 Å². The molecule has 1 aliphatic rings. The molecule has 1 N–H and O–H groups in total. The number of rotatable bonds is 6. The van der Waals surface area contributed by atoms with Crippen LogP contribution in [0.25, 0.3) is 0 Å². The zero-order valence-corrected chi connectivity index (χ0v) is 10.1. The maximum Gasteiger partial charge on any atom is 0.0547 e. The molecule has 0 radical (unpaired) electrons. The van der Waals surface area contributed by atoms with E-state index in [4.69, 9.17) is 5.11 Å². The summed E-state index contributed by atoms with van der Waals surface area (Å²) in [5, 5.41) is 9.26. The molecule has 14 heavy (non-hydrogen) atoms. The van der Waals surface area contributed by atoms with Crippen molar-refractivity contribution in [2.75, 3.05) is 32.0 Å². The molecule has 0 amide bonds. The van der Waals surface area contributed by atoms with Crippen LogP contribution in [0.5, 0.6) is 0 Å². The van der Waals surface area contributed by atoms with Gasteiger partial charge in [-0.3, -0.25) is 0 Å². The highest BCUT2D eigenvalue weighted by atomic mass is 32.2. The van der Waals surface area contributed by atoms with Crippen LogP contribution in [-0.2, 0) is 0 Å². The molecule has 1 fully saturated rings. The Morgan fingerprint density at radius 1 is 1.29 bits per heavy atom. The minimum atomic E-state index is 0.314. The Hall–Kier alpha value is 0.270. The van der Waals surface area contributed by atoms with Crippen LogP contribution in [-0.4, -0.2) is 47.3 Å². The van der Waals surface area contributed by atoms with Gasteiger partial charge in [-0.25, -0.2) is 0 Å². The van der Waals surface area contributed by atoms with Gasteiger partial charge in [0.05, 0.1) is 6.61 Å². The zero-order valence-electron chi connectivity index (χ0n) is 9.24. The van der Waals surface area contributed by atoms with Gasteiger partial charge >= 0.3 is 0 Å². The van der Waals surface area contributed by atoms with Crippen molar-refractivity contribution in [1.82, 2.24) is 4.90 Å². The molecule has 0 aromatic heterocycles. The second-order valence-electron chi connectivity index (χ2n) is 4.12. The van der Waals surface area contributed by atoms with Crippen LogP contribution in [0.4, 0.5) is 0 Å². The second kappa shape index (κ2) is 7.55. The van der Waals surface area contributed by atoms with Crippen molar-refractivity contribution in [2.45, 2.75) is 37.9 Å². The molecule has 1 rings (SSSR count). The fraction of sp³-hybridized carbons (Fsp3) is 1.00. The molecule has 3 heteroatoms. The lowest BCUT2D eigenvalue weighted by atomic mass is 10.1. The summed E-state index contributed by atoms with van der Waals surface area (Å²) >= 11 is 1.89. The molecule has 2 nitrogen and oxygen atoms in total. The van der Waals surface area contributed by atoms with Crippen LogP contribution in [0.15, 0.2) is 0 Å². The smallest absolute Gasteiger partial charge is 0.0547 e. The lowest BCUT2D eigenvalue weighted by Gasteiger charge is -2.26. The number of thioether (sulfide) groups is 1. The van der Waals surface area contributed by atoms with E-state index < -0.39 is 0 Å². The Morgan fingerprint density at radius 2 is 2.00 bits per heavy atom. The molecule has 0 spiro atoms. The minimum absolute atomic E-state index is 0.314. The van der Waals surface area contributed by atoms with Gasteiger partial charge in [0.1, 0.15) is 0 Å². The third-order valence-corrected chi connectivity index (χ3v) is 3.97. The summed E-state index contributed by atoms with van der Waals surface area (Å²) in [5.74, 6) is 1.19. The monoisotopic (exact) mass is 217 g/mol. The SMILES string of the molecule is C[C@@H](CO)SCCCN1CCCCC1. The average Bonchev–Trinajstić information content (AvgIpc) is 2.25. The number of aliphatic hydroxyl groups excluding tert-OH is 1. The molecular formula is C11H23NOS. The summed E-state index contributed by atoms with van der Waals surface area (Å²) in [6.45, 7) is 6.27. The van der Waals surface area contributed by atoms with E-state index in [9.17, 15) is 0 Å². The Bertz CT molecular complexity index is 137. The van der Waals surface area contributed by atoms with Gasteiger partial charge < -0.3 is 10.0 Å². The predicted molar refractivity (Wildman–Crippen MR) is 63.9 cm³/mol. The number of likely N-dealkylation sites (tertiary alicyclic amines) is 1. The third-order valence-electron chi connectivity index (χ3n) is 2.73. The van der Waals surface area contributed by atoms with Gasteiger partial charge in [0.15, 0.2) is 0 Å². The second-order valence-corrected chi connectivity index (χ2v) is 5.67. The van der Waals surface area contributed by atoms with Gasteiger partial charge in [-0.1, -0.05) is 13.3 Å². The van der Waals surface area contributed by atoms with Gasteiger partial charge in [-0.05, 0) is 44.6 Å². The summed E-state index contributed by atoms with van der Waals surface area (Å²) in [5.41, 5.74) is 0. The van der Waals surface area contributed by atoms with E-state index in [1.807, 2.05) is 11.8 Å². The van der Waals surface area contributed by atoms with E-state index in [1.54, 1.807) is 0 Å². The number of hydrogen-bond donors (Lipinski definition) is 1. The first-order chi connectivity index (χ1) is 6.83. The molecule has 1 aliphatic heterocycles. The first-order valence-corrected chi connectivity index (χ1v) is 6.82. The average molecular weight is 217 g/mol. The standard InChI is InChI=1S/C11H23NOS/c1-11(10-13)14-9-5-8-12-6-3-2-4-7-12/h11,13H,2-10H2,1H3/t11-/m0/s1. The molecule has 0 saturated carbocycles. The van der Waals surface area contributed by atoms with Gasteiger partial charge in [-0.2, -0.15) is 11.8 Å². The summed E-state index contributed by atoms with van der Waals surface area (Å²) in [6.07, 6.45) is 5.47. The predicted octanol–water partition coefficient (Wildman–Crippen LogP) is 1.98. The highest BCUT2D eigenvalue weighted by Gasteiger charge is 2.09. The fourth-order valence-corrected chi connectivity index (χ4v) is 2.61. The summed E-state index contributed by atoms with van der Waals surface area (Å²) < 4.78 is 0. The largest absolute Gasteiger partial charge is 0.395 e. The number of aliphatic hydroxyl groups is 1. The van der Waals surface area contributed by atoms with Gasteiger partial charge in [0.2, 0.25) is 0 Å². The molecule has 0 unspecified atom stereocenters. The van der Waals surface area contributed by atoms with Crippen molar-refractivity contribution in [1.29, 1.82) is 0 Å². The van der Waals surface area contributed by atoms with E-state index in [1.165, 1.54) is 51.1 Å². The zero-order chi connectivity index (χ0) is 10.2. The highest BCUT2D eigenvalue weighted by Crippen LogP contribution is 2.13.